The molecule has 1 aliphatic rings. The second-order valence-corrected chi connectivity index (χ2v) is 6.57. The van der Waals surface area contributed by atoms with E-state index < -0.39 is 0 Å². The second kappa shape index (κ2) is 6.53. The molecule has 1 aliphatic heterocycles. The van der Waals surface area contributed by atoms with Gasteiger partial charge in [0.15, 0.2) is 0 Å². The molecular weight excluding hydrogens is 232 g/mol. The molecule has 1 N–H and O–H groups in total. The van der Waals surface area contributed by atoms with Gasteiger partial charge in [0, 0.05) is 19.1 Å². The van der Waals surface area contributed by atoms with Crippen molar-refractivity contribution in [3.05, 3.63) is 35.4 Å². The van der Waals surface area contributed by atoms with E-state index in [2.05, 4.69) is 62.3 Å². The molecule has 0 spiro atoms. The maximum absolute atomic E-state index is 3.72. The zero-order chi connectivity index (χ0) is 13.8. The molecule has 1 heterocycles. The Morgan fingerprint density at radius 1 is 1.32 bits per heavy atom. The Bertz CT molecular complexity index is 400. The zero-order valence-corrected chi connectivity index (χ0v) is 12.8. The van der Waals surface area contributed by atoms with Gasteiger partial charge in [-0.05, 0) is 44.3 Å². The summed E-state index contributed by atoms with van der Waals surface area (Å²) >= 11 is 0. The van der Waals surface area contributed by atoms with Gasteiger partial charge in [-0.1, -0.05) is 43.7 Å². The van der Waals surface area contributed by atoms with Crippen molar-refractivity contribution >= 4 is 0 Å². The van der Waals surface area contributed by atoms with E-state index in [9.17, 15) is 0 Å². The number of nitrogens with zero attached hydrogens (tertiary/aromatic N) is 1. The highest BCUT2D eigenvalue weighted by molar-refractivity contribution is 5.26. The molecule has 0 radical (unpaired) electrons. The van der Waals surface area contributed by atoms with Crippen LogP contribution in [0.25, 0.3) is 0 Å². The standard InChI is InChI=1S/C17H28N2/c1-13(2)10-18-17-9-16(11-19(4)12-17)15-7-5-6-14(3)8-15/h5-8,13,16-18H,9-12H2,1-4H3. The largest absolute Gasteiger partial charge is 0.312 e. The molecule has 106 valence electrons. The molecule has 0 saturated carbocycles. The van der Waals surface area contributed by atoms with E-state index in [1.165, 1.54) is 30.6 Å². The Balaban J connectivity index is 2.01. The molecule has 2 rings (SSSR count). The lowest BCUT2D eigenvalue weighted by Gasteiger charge is -2.37. The number of hydrogen-bond acceptors (Lipinski definition) is 2. The van der Waals surface area contributed by atoms with Gasteiger partial charge in [0.2, 0.25) is 0 Å². The molecule has 2 atom stereocenters. The predicted octanol–water partition coefficient (Wildman–Crippen LogP) is 3.03. The average molecular weight is 260 g/mol. The van der Waals surface area contributed by atoms with E-state index in [-0.39, 0.29) is 0 Å². The van der Waals surface area contributed by atoms with Crippen LogP contribution < -0.4 is 5.32 Å². The SMILES string of the molecule is Cc1cccc(C2CC(NCC(C)C)CN(C)C2)c1. The van der Waals surface area contributed by atoms with E-state index >= 15 is 0 Å². The summed E-state index contributed by atoms with van der Waals surface area (Å²) in [4.78, 5) is 2.47. The highest BCUT2D eigenvalue weighted by Crippen LogP contribution is 2.27. The van der Waals surface area contributed by atoms with Gasteiger partial charge in [-0.2, -0.15) is 0 Å². The molecule has 0 aromatic heterocycles. The maximum Gasteiger partial charge on any atom is 0.0201 e. The molecule has 19 heavy (non-hydrogen) atoms. The second-order valence-electron chi connectivity index (χ2n) is 6.57. The molecule has 2 heteroatoms. The van der Waals surface area contributed by atoms with Gasteiger partial charge < -0.3 is 10.2 Å². The molecule has 2 unspecified atom stereocenters. The van der Waals surface area contributed by atoms with Gasteiger partial charge >= 0.3 is 0 Å². The number of likely N-dealkylation sites (tertiary alicyclic amines) is 1. The molecule has 0 aliphatic carbocycles. The Hall–Kier alpha value is -0.860. The smallest absolute Gasteiger partial charge is 0.0201 e. The molecule has 1 fully saturated rings. The first kappa shape index (κ1) is 14.5. The van der Waals surface area contributed by atoms with Crippen LogP contribution in [0.1, 0.15) is 37.3 Å². The van der Waals surface area contributed by atoms with Gasteiger partial charge in [-0.15, -0.1) is 0 Å². The third-order valence-electron chi connectivity index (χ3n) is 3.96. The molecule has 1 aromatic carbocycles. The van der Waals surface area contributed by atoms with Crippen molar-refractivity contribution in [3.63, 3.8) is 0 Å². The van der Waals surface area contributed by atoms with Crippen molar-refractivity contribution in [3.8, 4) is 0 Å². The van der Waals surface area contributed by atoms with Crippen LogP contribution in [0.5, 0.6) is 0 Å². The van der Waals surface area contributed by atoms with E-state index in [0.29, 0.717) is 12.0 Å². The lowest BCUT2D eigenvalue weighted by atomic mass is 9.87. The number of likely N-dealkylation sites (N-methyl/N-ethyl adjacent to an activating group) is 1. The van der Waals surface area contributed by atoms with Crippen molar-refractivity contribution in [2.75, 3.05) is 26.7 Å². The van der Waals surface area contributed by atoms with Crippen molar-refractivity contribution in [2.24, 2.45) is 5.92 Å². The number of aryl methyl sites for hydroxylation is 1. The minimum atomic E-state index is 0.631. The van der Waals surface area contributed by atoms with Gasteiger partial charge in [0.25, 0.3) is 0 Å². The van der Waals surface area contributed by atoms with Crippen LogP contribution in [-0.2, 0) is 0 Å². The molecule has 0 amide bonds. The minimum absolute atomic E-state index is 0.631. The van der Waals surface area contributed by atoms with Gasteiger partial charge in [-0.3, -0.25) is 0 Å². The summed E-state index contributed by atoms with van der Waals surface area (Å²) in [5.41, 5.74) is 2.88. The van der Waals surface area contributed by atoms with E-state index in [0.717, 1.165) is 12.5 Å². The summed E-state index contributed by atoms with van der Waals surface area (Å²) in [6.07, 6.45) is 1.26. The first-order valence-corrected chi connectivity index (χ1v) is 7.53. The number of rotatable bonds is 4. The Labute approximate surface area is 118 Å². The summed E-state index contributed by atoms with van der Waals surface area (Å²) in [7, 11) is 2.24. The van der Waals surface area contributed by atoms with Crippen LogP contribution in [0.3, 0.4) is 0 Å². The fraction of sp³-hybridized carbons (Fsp3) is 0.647. The van der Waals surface area contributed by atoms with Crippen LogP contribution in [0.2, 0.25) is 0 Å². The van der Waals surface area contributed by atoms with Crippen molar-refractivity contribution in [1.82, 2.24) is 10.2 Å². The van der Waals surface area contributed by atoms with Crippen LogP contribution in [0.15, 0.2) is 24.3 Å². The maximum atomic E-state index is 3.72. The van der Waals surface area contributed by atoms with Crippen LogP contribution >= 0.6 is 0 Å². The lowest BCUT2D eigenvalue weighted by molar-refractivity contribution is 0.202. The highest BCUT2D eigenvalue weighted by atomic mass is 15.1. The number of piperidine rings is 1. The lowest BCUT2D eigenvalue weighted by Crippen LogP contribution is -2.47. The fourth-order valence-corrected chi connectivity index (χ4v) is 3.04. The summed E-state index contributed by atoms with van der Waals surface area (Å²) in [5.74, 6) is 1.40. The minimum Gasteiger partial charge on any atom is -0.312 e. The molecule has 2 nitrogen and oxygen atoms in total. The van der Waals surface area contributed by atoms with E-state index in [1.54, 1.807) is 0 Å². The zero-order valence-electron chi connectivity index (χ0n) is 12.8. The average Bonchev–Trinajstić information content (AvgIpc) is 2.36. The van der Waals surface area contributed by atoms with Crippen LogP contribution in [0, 0.1) is 12.8 Å². The first-order valence-electron chi connectivity index (χ1n) is 7.53. The Morgan fingerprint density at radius 3 is 2.79 bits per heavy atom. The van der Waals surface area contributed by atoms with Gasteiger partial charge in [-0.25, -0.2) is 0 Å². The highest BCUT2D eigenvalue weighted by Gasteiger charge is 2.26. The van der Waals surface area contributed by atoms with E-state index in [4.69, 9.17) is 0 Å². The molecule has 0 bridgehead atoms. The summed E-state index contributed by atoms with van der Waals surface area (Å²) in [5, 5.41) is 3.72. The van der Waals surface area contributed by atoms with Crippen molar-refractivity contribution < 1.29 is 0 Å². The number of hydrogen-bond donors (Lipinski definition) is 1. The predicted molar refractivity (Wildman–Crippen MR) is 82.7 cm³/mol. The fourth-order valence-electron chi connectivity index (χ4n) is 3.04. The van der Waals surface area contributed by atoms with Crippen molar-refractivity contribution in [1.29, 1.82) is 0 Å². The topological polar surface area (TPSA) is 15.3 Å². The monoisotopic (exact) mass is 260 g/mol. The quantitative estimate of drug-likeness (QED) is 0.895. The normalized spacial score (nSPS) is 24.9. The third kappa shape index (κ3) is 4.32. The van der Waals surface area contributed by atoms with Crippen LogP contribution in [0.4, 0.5) is 0 Å². The number of nitrogens with one attached hydrogen (secondary N) is 1. The first-order chi connectivity index (χ1) is 9.04. The molecular formula is C17H28N2. The Morgan fingerprint density at radius 2 is 2.11 bits per heavy atom. The Kier molecular flexibility index (Phi) is 5.00. The van der Waals surface area contributed by atoms with Gasteiger partial charge in [0.1, 0.15) is 0 Å². The summed E-state index contributed by atoms with van der Waals surface area (Å²) in [6, 6.07) is 9.65. The molecule has 1 saturated heterocycles. The van der Waals surface area contributed by atoms with Gasteiger partial charge in [0.05, 0.1) is 0 Å². The third-order valence-corrected chi connectivity index (χ3v) is 3.96. The van der Waals surface area contributed by atoms with Crippen LogP contribution in [-0.4, -0.2) is 37.6 Å². The van der Waals surface area contributed by atoms with Crippen molar-refractivity contribution in [2.45, 2.75) is 39.2 Å². The summed E-state index contributed by atoms with van der Waals surface area (Å²) in [6.45, 7) is 10.2. The van der Waals surface area contributed by atoms with E-state index in [1.807, 2.05) is 0 Å². The number of benzene rings is 1. The molecule has 1 aromatic rings. The summed E-state index contributed by atoms with van der Waals surface area (Å²) < 4.78 is 0.